The number of aryl methyl sites for hydroxylation is 1. The number of benzene rings is 1. The second-order valence-corrected chi connectivity index (χ2v) is 6.07. The van der Waals surface area contributed by atoms with E-state index < -0.39 is 0 Å². The van der Waals surface area contributed by atoms with Crippen molar-refractivity contribution >= 4 is 33.3 Å². The summed E-state index contributed by atoms with van der Waals surface area (Å²) in [5, 5.41) is 9.21. The summed E-state index contributed by atoms with van der Waals surface area (Å²) < 4.78 is 4.31. The number of para-hydroxylation sites is 1. The zero-order valence-electron chi connectivity index (χ0n) is 10.1. The van der Waals surface area contributed by atoms with Crippen LogP contribution >= 0.6 is 23.1 Å². The molecule has 92 valence electrons. The average molecular weight is 276 g/mol. The minimum Gasteiger partial charge on any atom is -0.306 e. The maximum absolute atomic E-state index is 4.59. The standard InChI is InChI=1S/C12H12N4S2/c1-3-16-8(2)14-15-11(16)18-12-13-9-6-4-5-7-10(9)17-12/h4-7H,3H2,1-2H3. The van der Waals surface area contributed by atoms with Crippen molar-refractivity contribution < 1.29 is 0 Å². The summed E-state index contributed by atoms with van der Waals surface area (Å²) in [5.41, 5.74) is 1.05. The summed E-state index contributed by atoms with van der Waals surface area (Å²) in [5.74, 6) is 0.945. The van der Waals surface area contributed by atoms with Crippen LogP contribution in [0.2, 0.25) is 0 Å². The first-order valence-electron chi connectivity index (χ1n) is 5.71. The monoisotopic (exact) mass is 276 g/mol. The van der Waals surface area contributed by atoms with Crippen LogP contribution in [0, 0.1) is 6.92 Å². The molecule has 0 aliphatic carbocycles. The molecule has 0 unspecified atom stereocenters. The van der Waals surface area contributed by atoms with Gasteiger partial charge >= 0.3 is 0 Å². The van der Waals surface area contributed by atoms with Crippen molar-refractivity contribution in [2.75, 3.05) is 0 Å². The Bertz CT molecular complexity index is 653. The average Bonchev–Trinajstić information content (AvgIpc) is 2.93. The lowest BCUT2D eigenvalue weighted by atomic mass is 10.3. The van der Waals surface area contributed by atoms with E-state index in [0.29, 0.717) is 0 Å². The van der Waals surface area contributed by atoms with Gasteiger partial charge in [0.15, 0.2) is 9.50 Å². The zero-order chi connectivity index (χ0) is 12.5. The van der Waals surface area contributed by atoms with Crippen LogP contribution in [0.5, 0.6) is 0 Å². The smallest absolute Gasteiger partial charge is 0.198 e. The Morgan fingerprint density at radius 3 is 2.89 bits per heavy atom. The Hall–Kier alpha value is -1.40. The second-order valence-electron chi connectivity index (χ2n) is 3.82. The van der Waals surface area contributed by atoms with Crippen molar-refractivity contribution in [1.82, 2.24) is 19.7 Å². The largest absolute Gasteiger partial charge is 0.306 e. The lowest BCUT2D eigenvalue weighted by molar-refractivity contribution is 0.662. The first kappa shape index (κ1) is 11.7. The molecule has 0 atom stereocenters. The quantitative estimate of drug-likeness (QED) is 0.735. The van der Waals surface area contributed by atoms with Gasteiger partial charge in [0.1, 0.15) is 5.82 Å². The number of hydrogen-bond acceptors (Lipinski definition) is 5. The molecule has 18 heavy (non-hydrogen) atoms. The van der Waals surface area contributed by atoms with Crippen LogP contribution in [-0.4, -0.2) is 19.7 Å². The molecule has 0 N–H and O–H groups in total. The van der Waals surface area contributed by atoms with E-state index in [0.717, 1.165) is 27.4 Å². The summed E-state index contributed by atoms with van der Waals surface area (Å²) in [6.45, 7) is 4.95. The molecular weight excluding hydrogens is 264 g/mol. The Morgan fingerprint density at radius 2 is 2.11 bits per heavy atom. The van der Waals surface area contributed by atoms with Crippen LogP contribution < -0.4 is 0 Å². The molecule has 0 amide bonds. The van der Waals surface area contributed by atoms with E-state index in [4.69, 9.17) is 0 Å². The van der Waals surface area contributed by atoms with Crippen molar-refractivity contribution in [2.45, 2.75) is 29.9 Å². The van der Waals surface area contributed by atoms with E-state index in [1.807, 2.05) is 25.1 Å². The van der Waals surface area contributed by atoms with E-state index in [9.17, 15) is 0 Å². The summed E-state index contributed by atoms with van der Waals surface area (Å²) in [6, 6.07) is 8.17. The molecule has 0 spiro atoms. The molecule has 0 aliphatic rings. The summed E-state index contributed by atoms with van der Waals surface area (Å²) >= 11 is 3.27. The molecule has 0 radical (unpaired) electrons. The first-order valence-corrected chi connectivity index (χ1v) is 7.34. The van der Waals surface area contributed by atoms with Gasteiger partial charge in [0.25, 0.3) is 0 Å². The third kappa shape index (κ3) is 2.02. The van der Waals surface area contributed by atoms with Crippen molar-refractivity contribution in [2.24, 2.45) is 0 Å². The van der Waals surface area contributed by atoms with Gasteiger partial charge in [-0.3, -0.25) is 0 Å². The third-order valence-corrected chi connectivity index (χ3v) is 4.75. The van der Waals surface area contributed by atoms with Gasteiger partial charge < -0.3 is 4.57 Å². The fourth-order valence-corrected chi connectivity index (χ4v) is 3.88. The predicted molar refractivity (Wildman–Crippen MR) is 74.2 cm³/mol. The highest BCUT2D eigenvalue weighted by atomic mass is 32.2. The highest BCUT2D eigenvalue weighted by Gasteiger charge is 2.11. The Kier molecular flexibility index (Phi) is 3.05. The first-order chi connectivity index (χ1) is 8.78. The number of thiazole rings is 1. The lowest BCUT2D eigenvalue weighted by Crippen LogP contribution is -1.98. The second kappa shape index (κ2) is 4.70. The highest BCUT2D eigenvalue weighted by Crippen LogP contribution is 2.33. The molecule has 3 rings (SSSR count). The van der Waals surface area contributed by atoms with Gasteiger partial charge in [-0.25, -0.2) is 4.98 Å². The number of hydrogen-bond donors (Lipinski definition) is 0. The maximum atomic E-state index is 4.59. The topological polar surface area (TPSA) is 43.6 Å². The minimum atomic E-state index is 0.881. The van der Waals surface area contributed by atoms with Crippen LogP contribution in [0.25, 0.3) is 10.2 Å². The molecule has 3 aromatic rings. The normalized spacial score (nSPS) is 11.2. The van der Waals surface area contributed by atoms with Gasteiger partial charge in [-0.1, -0.05) is 12.1 Å². The number of fused-ring (bicyclic) bond motifs is 1. The van der Waals surface area contributed by atoms with Gasteiger partial charge in [-0.2, -0.15) is 0 Å². The van der Waals surface area contributed by atoms with Crippen LogP contribution in [0.4, 0.5) is 0 Å². The van der Waals surface area contributed by atoms with Gasteiger partial charge in [-0.05, 0) is 37.7 Å². The number of aromatic nitrogens is 4. The van der Waals surface area contributed by atoms with Crippen molar-refractivity contribution in [3.8, 4) is 0 Å². The van der Waals surface area contributed by atoms with Gasteiger partial charge in [-0.15, -0.1) is 21.5 Å². The van der Waals surface area contributed by atoms with Gasteiger partial charge in [0.2, 0.25) is 0 Å². The zero-order valence-corrected chi connectivity index (χ0v) is 11.8. The Labute approximate surface area is 113 Å². The molecule has 4 nitrogen and oxygen atoms in total. The molecule has 1 aromatic carbocycles. The number of nitrogens with zero attached hydrogens (tertiary/aromatic N) is 4. The molecule has 2 aromatic heterocycles. The van der Waals surface area contributed by atoms with Crippen LogP contribution in [0.15, 0.2) is 33.8 Å². The molecule has 2 heterocycles. The Morgan fingerprint density at radius 1 is 1.28 bits per heavy atom. The molecule has 0 aliphatic heterocycles. The molecule has 0 fully saturated rings. The number of rotatable bonds is 3. The Balaban J connectivity index is 1.96. The van der Waals surface area contributed by atoms with Gasteiger partial charge in [0, 0.05) is 6.54 Å². The van der Waals surface area contributed by atoms with Crippen LogP contribution in [0.3, 0.4) is 0 Å². The molecule has 0 saturated heterocycles. The van der Waals surface area contributed by atoms with E-state index in [1.54, 1.807) is 23.1 Å². The molecule has 0 bridgehead atoms. The van der Waals surface area contributed by atoms with E-state index >= 15 is 0 Å². The van der Waals surface area contributed by atoms with Crippen molar-refractivity contribution in [3.05, 3.63) is 30.1 Å². The maximum Gasteiger partial charge on any atom is 0.198 e. The fraction of sp³-hybridized carbons (Fsp3) is 0.250. The lowest BCUT2D eigenvalue weighted by Gasteiger charge is -2.01. The summed E-state index contributed by atoms with van der Waals surface area (Å²) in [4.78, 5) is 4.59. The molecule has 6 heteroatoms. The van der Waals surface area contributed by atoms with Crippen molar-refractivity contribution in [3.63, 3.8) is 0 Å². The summed E-state index contributed by atoms with van der Waals surface area (Å²) in [7, 11) is 0. The fourth-order valence-electron chi connectivity index (χ4n) is 1.77. The molecular formula is C12H12N4S2. The van der Waals surface area contributed by atoms with E-state index in [-0.39, 0.29) is 0 Å². The minimum absolute atomic E-state index is 0.881. The SMILES string of the molecule is CCn1c(C)nnc1Sc1nc2ccccc2s1. The van der Waals surface area contributed by atoms with Crippen molar-refractivity contribution in [1.29, 1.82) is 0 Å². The van der Waals surface area contributed by atoms with Crippen LogP contribution in [0.1, 0.15) is 12.7 Å². The van der Waals surface area contributed by atoms with Gasteiger partial charge in [0.05, 0.1) is 10.2 Å². The van der Waals surface area contributed by atoms with Crippen LogP contribution in [-0.2, 0) is 6.54 Å². The van der Waals surface area contributed by atoms with E-state index in [2.05, 4.69) is 32.7 Å². The predicted octanol–water partition coefficient (Wildman–Crippen LogP) is 3.37. The summed E-state index contributed by atoms with van der Waals surface area (Å²) in [6.07, 6.45) is 0. The van der Waals surface area contributed by atoms with E-state index in [1.165, 1.54) is 4.70 Å². The highest BCUT2D eigenvalue weighted by molar-refractivity contribution is 8.01. The third-order valence-electron chi connectivity index (χ3n) is 2.67. The molecule has 0 saturated carbocycles.